The van der Waals surface area contributed by atoms with Crippen molar-refractivity contribution < 1.29 is 19.8 Å². The van der Waals surface area contributed by atoms with E-state index in [2.05, 4.69) is 0 Å². The zero-order valence-corrected chi connectivity index (χ0v) is 16.0. The number of aryl methyl sites for hydroxylation is 1. The number of aliphatic carboxylic acids is 1. The average Bonchev–Trinajstić information content (AvgIpc) is 2.71. The summed E-state index contributed by atoms with van der Waals surface area (Å²) in [7, 11) is 0. The Hall–Kier alpha value is -2.66. The zero-order valence-electron chi connectivity index (χ0n) is 16.0. The second kappa shape index (κ2) is 9.02. The molecular formula is C23H27NO4. The molecule has 1 aliphatic rings. The molecule has 1 amide bonds. The fourth-order valence-corrected chi connectivity index (χ4v) is 3.94. The smallest absolute Gasteiger partial charge is 0.312 e. The van der Waals surface area contributed by atoms with E-state index in [9.17, 15) is 19.8 Å². The molecule has 1 saturated heterocycles. The molecule has 28 heavy (non-hydrogen) atoms. The molecule has 148 valence electrons. The predicted molar refractivity (Wildman–Crippen MR) is 107 cm³/mol. The lowest BCUT2D eigenvalue weighted by Crippen LogP contribution is -2.57. The van der Waals surface area contributed by atoms with E-state index in [1.54, 1.807) is 4.90 Å². The zero-order chi connectivity index (χ0) is 20.0. The summed E-state index contributed by atoms with van der Waals surface area (Å²) in [5.41, 5.74) is 0.829. The average molecular weight is 381 g/mol. The second-order valence-electron chi connectivity index (χ2n) is 7.57. The highest BCUT2D eigenvalue weighted by molar-refractivity contribution is 5.79. The number of carboxylic acids is 1. The molecule has 2 aromatic rings. The second-order valence-corrected chi connectivity index (χ2v) is 7.57. The lowest BCUT2D eigenvalue weighted by molar-refractivity contribution is -0.166. The Morgan fingerprint density at radius 3 is 2.18 bits per heavy atom. The van der Waals surface area contributed by atoms with E-state index in [1.165, 1.54) is 5.56 Å². The third-order valence-electron chi connectivity index (χ3n) is 5.70. The van der Waals surface area contributed by atoms with Gasteiger partial charge in [-0.3, -0.25) is 9.59 Å². The van der Waals surface area contributed by atoms with Gasteiger partial charge in [-0.25, -0.2) is 0 Å². The van der Waals surface area contributed by atoms with Crippen molar-refractivity contribution in [3.63, 3.8) is 0 Å². The van der Waals surface area contributed by atoms with Crippen LogP contribution in [0.15, 0.2) is 60.7 Å². The molecule has 5 nitrogen and oxygen atoms in total. The summed E-state index contributed by atoms with van der Waals surface area (Å²) >= 11 is 0. The highest BCUT2D eigenvalue weighted by Crippen LogP contribution is 2.36. The Kier molecular flexibility index (Phi) is 6.47. The number of nitrogens with zero attached hydrogens (tertiary/aromatic N) is 1. The van der Waals surface area contributed by atoms with Gasteiger partial charge >= 0.3 is 5.97 Å². The van der Waals surface area contributed by atoms with Crippen LogP contribution in [0.25, 0.3) is 0 Å². The van der Waals surface area contributed by atoms with Gasteiger partial charge < -0.3 is 15.1 Å². The number of carbonyl (C=O) groups excluding carboxylic acids is 1. The lowest BCUT2D eigenvalue weighted by atomic mass is 9.71. The minimum Gasteiger partial charge on any atom is -0.481 e. The van der Waals surface area contributed by atoms with Crippen LogP contribution in [-0.4, -0.2) is 46.2 Å². The molecule has 0 aliphatic carbocycles. The first kappa shape index (κ1) is 20.1. The summed E-state index contributed by atoms with van der Waals surface area (Å²) in [6, 6.07) is 19.4. The molecular weight excluding hydrogens is 354 g/mol. The van der Waals surface area contributed by atoms with Crippen molar-refractivity contribution in [2.45, 2.75) is 38.2 Å². The molecule has 0 radical (unpaired) electrons. The van der Waals surface area contributed by atoms with E-state index in [-0.39, 0.29) is 25.3 Å². The summed E-state index contributed by atoms with van der Waals surface area (Å²) in [6.45, 7) is 0.434. The van der Waals surface area contributed by atoms with Crippen molar-refractivity contribution in [1.29, 1.82) is 0 Å². The highest BCUT2D eigenvalue weighted by Gasteiger charge is 2.49. The first-order chi connectivity index (χ1) is 13.5. The van der Waals surface area contributed by atoms with Crippen molar-refractivity contribution in [2.24, 2.45) is 5.41 Å². The maximum atomic E-state index is 12.5. The topological polar surface area (TPSA) is 77.8 Å². The van der Waals surface area contributed by atoms with E-state index in [0.29, 0.717) is 13.0 Å². The molecule has 2 aromatic carbocycles. The minimum absolute atomic E-state index is 0.0197. The van der Waals surface area contributed by atoms with Crippen molar-refractivity contribution in [3.05, 3.63) is 71.8 Å². The number of amides is 1. The predicted octanol–water partition coefficient (Wildman–Crippen LogP) is 2.92. The molecule has 0 unspecified atom stereocenters. The van der Waals surface area contributed by atoms with Gasteiger partial charge in [0.15, 0.2) is 0 Å². The SMILES string of the molecule is O=C(CCCc1ccccc1)N1CC[C@](Cc2ccccc2)(C(=O)O)[C@H](O)C1. The number of likely N-dealkylation sites (tertiary alicyclic amines) is 1. The minimum atomic E-state index is -1.25. The van der Waals surface area contributed by atoms with Gasteiger partial charge in [0.25, 0.3) is 0 Å². The van der Waals surface area contributed by atoms with Crippen LogP contribution >= 0.6 is 0 Å². The first-order valence-electron chi connectivity index (χ1n) is 9.78. The van der Waals surface area contributed by atoms with Crippen LogP contribution < -0.4 is 0 Å². The van der Waals surface area contributed by atoms with Crippen molar-refractivity contribution in [2.75, 3.05) is 13.1 Å². The Bertz CT molecular complexity index is 793. The summed E-state index contributed by atoms with van der Waals surface area (Å²) in [5.74, 6) is -1.02. The van der Waals surface area contributed by atoms with Gasteiger partial charge in [0, 0.05) is 19.5 Å². The third-order valence-corrected chi connectivity index (χ3v) is 5.70. The summed E-state index contributed by atoms with van der Waals surface area (Å²) < 4.78 is 0. The number of carbonyl (C=O) groups is 2. The fraction of sp³-hybridized carbons (Fsp3) is 0.391. The molecule has 1 heterocycles. The molecule has 0 aromatic heterocycles. The molecule has 1 fully saturated rings. The number of hydrogen-bond acceptors (Lipinski definition) is 3. The standard InChI is InChI=1S/C23H27NO4/c25-20-17-24(21(26)13-7-12-18-8-3-1-4-9-18)15-14-23(20,22(27)28)16-19-10-5-2-6-11-19/h1-6,8-11,20,25H,7,12-17H2,(H,27,28)/t20-,23-/m1/s1. The molecule has 0 saturated carbocycles. The number of aliphatic hydroxyl groups excluding tert-OH is 1. The molecule has 3 rings (SSSR count). The van der Waals surface area contributed by atoms with Crippen LogP contribution in [0.5, 0.6) is 0 Å². The highest BCUT2D eigenvalue weighted by atomic mass is 16.4. The number of rotatable bonds is 7. The third kappa shape index (κ3) is 4.60. The van der Waals surface area contributed by atoms with E-state index < -0.39 is 17.5 Å². The maximum absolute atomic E-state index is 12.5. The van der Waals surface area contributed by atoms with Gasteiger partial charge in [0.1, 0.15) is 5.41 Å². The molecule has 2 atom stereocenters. The van der Waals surface area contributed by atoms with Gasteiger partial charge in [0.05, 0.1) is 6.10 Å². The number of aliphatic hydroxyl groups is 1. The van der Waals surface area contributed by atoms with Crippen molar-refractivity contribution in [1.82, 2.24) is 4.90 Å². The van der Waals surface area contributed by atoms with E-state index in [1.807, 2.05) is 60.7 Å². The molecule has 0 bridgehead atoms. The molecule has 2 N–H and O–H groups in total. The van der Waals surface area contributed by atoms with Gasteiger partial charge in [-0.2, -0.15) is 0 Å². The molecule has 5 heteroatoms. The van der Waals surface area contributed by atoms with Crippen molar-refractivity contribution in [3.8, 4) is 0 Å². The number of benzene rings is 2. The van der Waals surface area contributed by atoms with Gasteiger partial charge in [-0.05, 0) is 36.8 Å². The van der Waals surface area contributed by atoms with Crippen molar-refractivity contribution >= 4 is 11.9 Å². The Morgan fingerprint density at radius 2 is 1.61 bits per heavy atom. The van der Waals surface area contributed by atoms with E-state index in [4.69, 9.17) is 0 Å². The van der Waals surface area contributed by atoms with Gasteiger partial charge in [-0.15, -0.1) is 0 Å². The van der Waals surface area contributed by atoms with Crippen LogP contribution in [0.4, 0.5) is 0 Å². The van der Waals surface area contributed by atoms with E-state index >= 15 is 0 Å². The van der Waals surface area contributed by atoms with E-state index in [0.717, 1.165) is 18.4 Å². The normalized spacial score (nSPS) is 22.0. The Labute approximate surface area is 165 Å². The molecule has 0 spiro atoms. The number of carboxylic acid groups (broad SMARTS) is 1. The maximum Gasteiger partial charge on any atom is 0.312 e. The van der Waals surface area contributed by atoms with Gasteiger partial charge in [-0.1, -0.05) is 60.7 Å². The fourth-order valence-electron chi connectivity index (χ4n) is 3.94. The molecule has 1 aliphatic heterocycles. The number of β-amino-alcohol motifs (C(OH)–C–C–N with tert-alkyl or cyclic N) is 1. The first-order valence-corrected chi connectivity index (χ1v) is 9.78. The Balaban J connectivity index is 1.58. The van der Waals surface area contributed by atoms with Crippen LogP contribution in [0.1, 0.15) is 30.4 Å². The van der Waals surface area contributed by atoms with Crippen LogP contribution in [0.3, 0.4) is 0 Å². The quantitative estimate of drug-likeness (QED) is 0.773. The number of hydrogen-bond donors (Lipinski definition) is 2. The van der Waals surface area contributed by atoms with Crippen LogP contribution in [0.2, 0.25) is 0 Å². The summed E-state index contributed by atoms with van der Waals surface area (Å²) in [4.78, 5) is 26.2. The summed E-state index contributed by atoms with van der Waals surface area (Å²) in [6.07, 6.45) is 1.40. The van der Waals surface area contributed by atoms with Crippen LogP contribution in [-0.2, 0) is 22.4 Å². The Morgan fingerprint density at radius 1 is 1.00 bits per heavy atom. The van der Waals surface area contributed by atoms with Gasteiger partial charge in [0.2, 0.25) is 5.91 Å². The number of piperidine rings is 1. The summed E-state index contributed by atoms with van der Waals surface area (Å²) in [5, 5.41) is 20.5. The largest absolute Gasteiger partial charge is 0.481 e. The van der Waals surface area contributed by atoms with Crippen LogP contribution in [0, 0.1) is 5.41 Å². The monoisotopic (exact) mass is 381 g/mol. The lowest BCUT2D eigenvalue weighted by Gasteiger charge is -2.43.